The number of nitrogens with one attached hydrogen (secondary N) is 1. The molecule has 0 radical (unpaired) electrons. The van der Waals surface area contributed by atoms with Crippen molar-refractivity contribution in [3.63, 3.8) is 0 Å². The minimum atomic E-state index is -1.06. The first-order chi connectivity index (χ1) is 7.09. The number of aromatic nitrogens is 2. The Labute approximate surface area is 95.5 Å². The lowest BCUT2D eigenvalue weighted by molar-refractivity contribution is -0.148. The van der Waals surface area contributed by atoms with Crippen LogP contribution in [0.15, 0.2) is 4.60 Å². The number of esters is 1. The van der Waals surface area contributed by atoms with Gasteiger partial charge in [-0.3, -0.25) is 5.10 Å². The summed E-state index contributed by atoms with van der Waals surface area (Å²) in [5.41, 5.74) is 6.70. The molecule has 6 heteroatoms. The van der Waals surface area contributed by atoms with Gasteiger partial charge in [0.15, 0.2) is 0 Å². The first-order valence-electron chi connectivity index (χ1n) is 4.70. The Morgan fingerprint density at radius 3 is 3.13 bits per heavy atom. The molecule has 5 nitrogen and oxygen atoms in total. The first-order valence-corrected chi connectivity index (χ1v) is 5.49. The zero-order valence-electron chi connectivity index (χ0n) is 8.34. The van der Waals surface area contributed by atoms with Crippen molar-refractivity contribution >= 4 is 21.9 Å². The molecule has 0 amide bonds. The van der Waals surface area contributed by atoms with Gasteiger partial charge in [0.2, 0.25) is 0 Å². The highest BCUT2D eigenvalue weighted by Gasteiger charge is 2.43. The number of hydrogen-bond donors (Lipinski definition) is 2. The van der Waals surface area contributed by atoms with Gasteiger partial charge in [0.1, 0.15) is 10.1 Å². The normalized spacial score (nSPS) is 24.7. The molecule has 0 spiro atoms. The summed E-state index contributed by atoms with van der Waals surface area (Å²) in [6.45, 7) is 0. The van der Waals surface area contributed by atoms with E-state index < -0.39 is 11.5 Å². The molecule has 1 aromatic heterocycles. The van der Waals surface area contributed by atoms with Crippen molar-refractivity contribution in [1.29, 1.82) is 0 Å². The summed E-state index contributed by atoms with van der Waals surface area (Å²) in [5, 5.41) is 6.89. The molecule has 3 N–H and O–H groups in total. The van der Waals surface area contributed by atoms with Crippen LogP contribution < -0.4 is 5.73 Å². The van der Waals surface area contributed by atoms with Crippen LogP contribution in [0.5, 0.6) is 0 Å². The molecule has 0 saturated heterocycles. The summed E-state index contributed by atoms with van der Waals surface area (Å²) < 4.78 is 5.35. The fourth-order valence-corrected chi connectivity index (χ4v) is 2.72. The number of halogens is 1. The van der Waals surface area contributed by atoms with Gasteiger partial charge in [-0.25, -0.2) is 4.79 Å². The predicted octanol–water partition coefficient (Wildman–Crippen LogP) is 0.835. The van der Waals surface area contributed by atoms with E-state index in [1.807, 2.05) is 0 Å². The van der Waals surface area contributed by atoms with Crippen molar-refractivity contribution < 1.29 is 9.53 Å². The van der Waals surface area contributed by atoms with Crippen molar-refractivity contribution in [3.8, 4) is 0 Å². The molecule has 0 aliphatic heterocycles. The van der Waals surface area contributed by atoms with E-state index in [1.54, 1.807) is 0 Å². The predicted molar refractivity (Wildman–Crippen MR) is 57.1 cm³/mol. The summed E-state index contributed by atoms with van der Waals surface area (Å²) in [6, 6.07) is 0. The van der Waals surface area contributed by atoms with Crippen LogP contribution >= 0.6 is 15.9 Å². The molecule has 0 fully saturated rings. The second-order valence-corrected chi connectivity index (χ2v) is 4.44. The summed E-state index contributed by atoms with van der Waals surface area (Å²) in [5.74, 6) is -0.412. The Hall–Kier alpha value is -0.880. The summed E-state index contributed by atoms with van der Waals surface area (Å²) in [4.78, 5) is 11.7. The monoisotopic (exact) mass is 273 g/mol. The highest BCUT2D eigenvalue weighted by molar-refractivity contribution is 9.10. The van der Waals surface area contributed by atoms with Gasteiger partial charge in [-0.15, -0.1) is 0 Å². The number of nitrogens with two attached hydrogens (primary N) is 1. The van der Waals surface area contributed by atoms with Gasteiger partial charge in [0.05, 0.1) is 7.11 Å². The maximum absolute atomic E-state index is 11.7. The number of methoxy groups -OCH3 is 1. The molecule has 1 aliphatic rings. The number of hydrogen-bond acceptors (Lipinski definition) is 4. The number of aromatic amines is 1. The third-order valence-corrected chi connectivity index (χ3v) is 3.36. The number of rotatable bonds is 1. The molecule has 15 heavy (non-hydrogen) atoms. The zero-order valence-corrected chi connectivity index (χ0v) is 9.93. The highest BCUT2D eigenvalue weighted by Crippen LogP contribution is 2.37. The maximum Gasteiger partial charge on any atom is 0.330 e. The van der Waals surface area contributed by atoms with Crippen LogP contribution in [0.2, 0.25) is 0 Å². The number of aryl methyl sites for hydroxylation is 1. The Morgan fingerprint density at radius 2 is 2.47 bits per heavy atom. The zero-order chi connectivity index (χ0) is 11.1. The SMILES string of the molecule is COC(=O)C1(N)CCCc2[nH]nc(Br)c21. The highest BCUT2D eigenvalue weighted by atomic mass is 79.9. The third-order valence-electron chi connectivity index (χ3n) is 2.79. The summed E-state index contributed by atoms with van der Waals surface area (Å²) in [6.07, 6.45) is 2.31. The van der Waals surface area contributed by atoms with E-state index in [0.29, 0.717) is 11.0 Å². The lowest BCUT2D eigenvalue weighted by atomic mass is 9.80. The van der Waals surface area contributed by atoms with Crippen molar-refractivity contribution in [1.82, 2.24) is 10.2 Å². The first kappa shape index (κ1) is 10.6. The van der Waals surface area contributed by atoms with Gasteiger partial charge in [-0.2, -0.15) is 5.10 Å². The van der Waals surface area contributed by atoms with Gasteiger partial charge < -0.3 is 10.5 Å². The van der Waals surface area contributed by atoms with Crippen LogP contribution in [0.4, 0.5) is 0 Å². The molecule has 0 aromatic carbocycles. The number of nitrogens with zero attached hydrogens (tertiary/aromatic N) is 1. The van der Waals surface area contributed by atoms with Gasteiger partial charge in [-0.05, 0) is 35.2 Å². The van der Waals surface area contributed by atoms with Crippen molar-refractivity contribution in [2.24, 2.45) is 5.73 Å². The van der Waals surface area contributed by atoms with Gasteiger partial charge in [0, 0.05) is 11.3 Å². The molecule has 1 atom stereocenters. The molecule has 0 saturated carbocycles. The lowest BCUT2D eigenvalue weighted by Gasteiger charge is -2.30. The molecular formula is C9H12BrN3O2. The van der Waals surface area contributed by atoms with Gasteiger partial charge in [0.25, 0.3) is 0 Å². The number of H-pyrrole nitrogens is 1. The number of ether oxygens (including phenoxy) is 1. The van der Waals surface area contributed by atoms with E-state index in [1.165, 1.54) is 7.11 Å². The second kappa shape index (κ2) is 3.61. The van der Waals surface area contributed by atoms with Crippen LogP contribution in [0.1, 0.15) is 24.1 Å². The summed E-state index contributed by atoms with van der Waals surface area (Å²) >= 11 is 3.29. The topological polar surface area (TPSA) is 81.0 Å². The quantitative estimate of drug-likeness (QED) is 0.743. The van der Waals surface area contributed by atoms with Gasteiger partial charge in [-0.1, -0.05) is 0 Å². The smallest absolute Gasteiger partial charge is 0.330 e. The van der Waals surface area contributed by atoms with Crippen LogP contribution in [-0.4, -0.2) is 23.3 Å². The Kier molecular flexibility index (Phi) is 2.56. The lowest BCUT2D eigenvalue weighted by Crippen LogP contribution is -2.48. The molecule has 1 heterocycles. The largest absolute Gasteiger partial charge is 0.467 e. The molecular weight excluding hydrogens is 262 g/mol. The van der Waals surface area contributed by atoms with Gasteiger partial charge >= 0.3 is 5.97 Å². The second-order valence-electron chi connectivity index (χ2n) is 3.68. The molecule has 0 bridgehead atoms. The Morgan fingerprint density at radius 1 is 1.73 bits per heavy atom. The standard InChI is InChI=1S/C9H12BrN3O2/c1-15-8(14)9(11)4-2-3-5-6(9)7(10)13-12-5/h2-4,11H2,1H3,(H,12,13). The fourth-order valence-electron chi connectivity index (χ4n) is 2.04. The van der Waals surface area contributed by atoms with E-state index in [4.69, 9.17) is 10.5 Å². The van der Waals surface area contributed by atoms with E-state index >= 15 is 0 Å². The van der Waals surface area contributed by atoms with Crippen LogP contribution in [0, 0.1) is 0 Å². The average Bonchev–Trinajstić information content (AvgIpc) is 2.61. The van der Waals surface area contributed by atoms with Crippen LogP contribution in [-0.2, 0) is 21.5 Å². The fraction of sp³-hybridized carbons (Fsp3) is 0.556. The Balaban J connectivity index is 2.53. The van der Waals surface area contributed by atoms with Crippen molar-refractivity contribution in [2.45, 2.75) is 24.8 Å². The van der Waals surface area contributed by atoms with Crippen LogP contribution in [0.25, 0.3) is 0 Å². The van der Waals surface area contributed by atoms with Crippen LogP contribution in [0.3, 0.4) is 0 Å². The number of carbonyl (C=O) groups is 1. The minimum absolute atomic E-state index is 0.412. The van der Waals surface area contributed by atoms with Crippen molar-refractivity contribution in [3.05, 3.63) is 15.9 Å². The Bertz CT molecular complexity index is 404. The van der Waals surface area contributed by atoms with E-state index in [-0.39, 0.29) is 0 Å². The molecule has 1 aliphatic carbocycles. The third kappa shape index (κ3) is 1.48. The van der Waals surface area contributed by atoms with E-state index in [2.05, 4.69) is 26.1 Å². The molecule has 1 aromatic rings. The number of fused-ring (bicyclic) bond motifs is 1. The van der Waals surface area contributed by atoms with Crippen molar-refractivity contribution in [2.75, 3.05) is 7.11 Å². The maximum atomic E-state index is 11.7. The van der Waals surface area contributed by atoms with E-state index in [9.17, 15) is 4.79 Å². The summed E-state index contributed by atoms with van der Waals surface area (Å²) in [7, 11) is 1.35. The minimum Gasteiger partial charge on any atom is -0.467 e. The molecule has 82 valence electrons. The molecule has 2 rings (SSSR count). The van der Waals surface area contributed by atoms with E-state index in [0.717, 1.165) is 24.1 Å². The molecule has 1 unspecified atom stereocenters. The average molecular weight is 274 g/mol. The number of carbonyl (C=O) groups excluding carboxylic acids is 1.